The van der Waals surface area contributed by atoms with Crippen molar-refractivity contribution in [2.75, 3.05) is 13.2 Å². The van der Waals surface area contributed by atoms with Gasteiger partial charge in [-0.1, -0.05) is 19.4 Å². The molecule has 4 nitrogen and oxygen atoms in total. The first-order valence-corrected chi connectivity index (χ1v) is 6.04. The van der Waals surface area contributed by atoms with Crippen LogP contribution in [0.1, 0.15) is 25.3 Å². The quantitative estimate of drug-likeness (QED) is 0.832. The molecule has 0 amide bonds. The Morgan fingerprint density at radius 3 is 2.72 bits per heavy atom. The summed E-state index contributed by atoms with van der Waals surface area (Å²) >= 11 is 0. The van der Waals surface area contributed by atoms with Crippen LogP contribution in [0.4, 0.5) is 0 Å². The molecular weight excluding hydrogens is 232 g/mol. The van der Waals surface area contributed by atoms with Crippen molar-refractivity contribution >= 4 is 11.5 Å². The van der Waals surface area contributed by atoms with Gasteiger partial charge in [-0.3, -0.25) is 0 Å². The number of fused-ring (bicyclic) bond motifs is 1. The fourth-order valence-electron chi connectivity index (χ4n) is 1.96. The van der Waals surface area contributed by atoms with Crippen molar-refractivity contribution < 1.29 is 19.4 Å². The number of benzene rings is 1. The first kappa shape index (κ1) is 12.5. The van der Waals surface area contributed by atoms with E-state index in [0.717, 1.165) is 29.7 Å². The van der Waals surface area contributed by atoms with Crippen molar-refractivity contribution in [1.82, 2.24) is 0 Å². The Labute approximate surface area is 106 Å². The monoisotopic (exact) mass is 248 g/mol. The number of carbonyl (C=O) groups is 1. The molecule has 0 spiro atoms. The van der Waals surface area contributed by atoms with E-state index >= 15 is 0 Å². The summed E-state index contributed by atoms with van der Waals surface area (Å²) in [5, 5.41) is 8.88. The fourth-order valence-corrected chi connectivity index (χ4v) is 1.96. The van der Waals surface area contributed by atoms with Crippen molar-refractivity contribution in [2.24, 2.45) is 0 Å². The molecule has 1 aromatic rings. The molecule has 0 saturated carbocycles. The molecule has 0 aliphatic carbocycles. The normalized spacial score (nSPS) is 14.4. The lowest BCUT2D eigenvalue weighted by Crippen LogP contribution is -2.15. The maximum Gasteiger partial charge on any atom is 0.328 e. The second kappa shape index (κ2) is 5.58. The second-order valence-corrected chi connectivity index (χ2v) is 4.12. The second-order valence-electron chi connectivity index (χ2n) is 4.12. The van der Waals surface area contributed by atoms with Gasteiger partial charge in [0, 0.05) is 6.08 Å². The van der Waals surface area contributed by atoms with E-state index in [9.17, 15) is 4.79 Å². The minimum absolute atomic E-state index is 0.530. The van der Waals surface area contributed by atoms with Gasteiger partial charge in [-0.25, -0.2) is 4.79 Å². The average Bonchev–Trinajstić information content (AvgIpc) is 2.37. The van der Waals surface area contributed by atoms with Crippen LogP contribution >= 0.6 is 0 Å². The third-order valence-electron chi connectivity index (χ3n) is 2.73. The van der Waals surface area contributed by atoms with E-state index in [0.29, 0.717) is 19.0 Å². The summed E-state index contributed by atoms with van der Waals surface area (Å²) in [5.41, 5.74) is 1.69. The molecule has 0 aromatic heterocycles. The Bertz CT molecular complexity index is 477. The first-order chi connectivity index (χ1) is 8.70. The summed E-state index contributed by atoms with van der Waals surface area (Å²) in [5.74, 6) is 0.482. The number of aliphatic carboxylic acids is 1. The van der Waals surface area contributed by atoms with Crippen molar-refractivity contribution in [3.05, 3.63) is 29.8 Å². The minimum Gasteiger partial charge on any atom is -0.486 e. The Morgan fingerprint density at radius 1 is 1.33 bits per heavy atom. The van der Waals surface area contributed by atoms with Gasteiger partial charge in [-0.15, -0.1) is 0 Å². The van der Waals surface area contributed by atoms with Crippen LogP contribution in [-0.4, -0.2) is 24.3 Å². The van der Waals surface area contributed by atoms with Crippen LogP contribution in [0.25, 0.3) is 5.57 Å². The Balaban J connectivity index is 2.33. The highest BCUT2D eigenvalue weighted by Gasteiger charge is 2.13. The van der Waals surface area contributed by atoms with E-state index in [1.54, 1.807) is 0 Å². The van der Waals surface area contributed by atoms with Crippen LogP contribution in [0, 0.1) is 0 Å². The molecular formula is C14H16O4. The van der Waals surface area contributed by atoms with Gasteiger partial charge in [-0.2, -0.15) is 0 Å². The van der Waals surface area contributed by atoms with Gasteiger partial charge in [-0.05, 0) is 29.7 Å². The number of ether oxygens (including phenoxy) is 2. The van der Waals surface area contributed by atoms with Crippen molar-refractivity contribution in [3.63, 3.8) is 0 Å². The Morgan fingerprint density at radius 2 is 2.06 bits per heavy atom. The zero-order chi connectivity index (χ0) is 13.0. The molecule has 4 heteroatoms. The highest BCUT2D eigenvalue weighted by Crippen LogP contribution is 2.33. The summed E-state index contributed by atoms with van der Waals surface area (Å²) in [6.45, 7) is 3.11. The van der Waals surface area contributed by atoms with E-state index in [1.807, 2.05) is 25.1 Å². The van der Waals surface area contributed by atoms with Crippen molar-refractivity contribution in [1.29, 1.82) is 0 Å². The van der Waals surface area contributed by atoms with Gasteiger partial charge in [0.1, 0.15) is 13.2 Å². The van der Waals surface area contributed by atoms with Crippen LogP contribution < -0.4 is 9.47 Å². The molecule has 2 rings (SSSR count). The number of allylic oxidation sites excluding steroid dienone is 1. The summed E-state index contributed by atoms with van der Waals surface area (Å²) in [4.78, 5) is 10.8. The lowest BCUT2D eigenvalue weighted by Gasteiger charge is -2.19. The van der Waals surface area contributed by atoms with E-state index in [-0.39, 0.29) is 0 Å². The molecule has 18 heavy (non-hydrogen) atoms. The smallest absolute Gasteiger partial charge is 0.328 e. The molecule has 1 aliphatic heterocycles. The molecule has 0 atom stereocenters. The summed E-state index contributed by atoms with van der Waals surface area (Å²) in [7, 11) is 0. The zero-order valence-electron chi connectivity index (χ0n) is 10.3. The van der Waals surface area contributed by atoms with E-state index in [1.165, 1.54) is 6.08 Å². The standard InChI is InChI=1S/C14H16O4/c1-2-3-10(9-14(15)16)11-4-5-12-13(8-11)18-7-6-17-12/h4-5,8-9H,2-3,6-7H2,1H3,(H,15,16)/b10-9+. The maximum absolute atomic E-state index is 10.8. The van der Waals surface area contributed by atoms with Crippen molar-refractivity contribution in [3.8, 4) is 11.5 Å². The topological polar surface area (TPSA) is 55.8 Å². The lowest BCUT2D eigenvalue weighted by atomic mass is 10.0. The summed E-state index contributed by atoms with van der Waals surface area (Å²) in [6, 6.07) is 5.55. The zero-order valence-corrected chi connectivity index (χ0v) is 10.3. The number of carboxylic acid groups (broad SMARTS) is 1. The summed E-state index contributed by atoms with van der Waals surface area (Å²) in [6.07, 6.45) is 2.88. The largest absolute Gasteiger partial charge is 0.486 e. The lowest BCUT2D eigenvalue weighted by molar-refractivity contribution is -0.131. The van der Waals surface area contributed by atoms with Crippen LogP contribution in [0.3, 0.4) is 0 Å². The minimum atomic E-state index is -0.923. The molecule has 1 N–H and O–H groups in total. The van der Waals surface area contributed by atoms with Gasteiger partial charge in [0.25, 0.3) is 0 Å². The van der Waals surface area contributed by atoms with Crippen molar-refractivity contribution in [2.45, 2.75) is 19.8 Å². The van der Waals surface area contributed by atoms with Gasteiger partial charge in [0.2, 0.25) is 0 Å². The highest BCUT2D eigenvalue weighted by atomic mass is 16.6. The van der Waals surface area contributed by atoms with Gasteiger partial charge < -0.3 is 14.6 Å². The predicted molar refractivity (Wildman–Crippen MR) is 68.0 cm³/mol. The van der Waals surface area contributed by atoms with Crippen LogP contribution in [0.5, 0.6) is 11.5 Å². The fraction of sp³-hybridized carbons (Fsp3) is 0.357. The maximum atomic E-state index is 10.8. The number of hydrogen-bond acceptors (Lipinski definition) is 3. The van der Waals surface area contributed by atoms with Gasteiger partial charge >= 0.3 is 5.97 Å². The van der Waals surface area contributed by atoms with Gasteiger partial charge in [0.15, 0.2) is 11.5 Å². The van der Waals surface area contributed by atoms with E-state index in [2.05, 4.69) is 0 Å². The molecule has 0 radical (unpaired) electrons. The SMILES string of the molecule is CCC/C(=C\C(=O)O)c1ccc2c(c1)OCCO2. The molecule has 0 fully saturated rings. The molecule has 0 unspecified atom stereocenters. The number of rotatable bonds is 4. The molecule has 0 bridgehead atoms. The third kappa shape index (κ3) is 2.83. The molecule has 96 valence electrons. The summed E-state index contributed by atoms with van der Waals surface area (Å²) < 4.78 is 10.9. The van der Waals surface area contributed by atoms with E-state index < -0.39 is 5.97 Å². The number of hydrogen-bond donors (Lipinski definition) is 1. The first-order valence-electron chi connectivity index (χ1n) is 6.04. The van der Waals surface area contributed by atoms with Crippen LogP contribution in [-0.2, 0) is 4.79 Å². The molecule has 1 heterocycles. The third-order valence-corrected chi connectivity index (χ3v) is 2.73. The molecule has 0 saturated heterocycles. The van der Waals surface area contributed by atoms with Gasteiger partial charge in [0.05, 0.1) is 0 Å². The highest BCUT2D eigenvalue weighted by molar-refractivity contribution is 5.90. The predicted octanol–water partition coefficient (Wildman–Crippen LogP) is 2.73. The van der Waals surface area contributed by atoms with Crippen LogP contribution in [0.15, 0.2) is 24.3 Å². The van der Waals surface area contributed by atoms with E-state index in [4.69, 9.17) is 14.6 Å². The molecule has 1 aliphatic rings. The Hall–Kier alpha value is -1.97. The number of carboxylic acids is 1. The Kier molecular flexibility index (Phi) is 3.87. The van der Waals surface area contributed by atoms with Crippen LogP contribution in [0.2, 0.25) is 0 Å². The molecule has 1 aromatic carbocycles. The average molecular weight is 248 g/mol.